The maximum atomic E-state index is 13.1. The number of allylic oxidation sites excluding steroid dienone is 24. The molecule has 4 N–H and O–H groups in total. The van der Waals surface area contributed by atoms with Crippen LogP contribution in [-0.4, -0.2) is 95.9 Å². The van der Waals surface area contributed by atoms with Crippen LogP contribution in [0.3, 0.4) is 0 Å². The van der Waals surface area contributed by atoms with Crippen molar-refractivity contribution < 1.29 is 75.8 Å². The second-order valence-corrected chi connectivity index (χ2v) is 35.0. The molecule has 0 spiro atoms. The van der Waals surface area contributed by atoms with E-state index < -0.39 is 91.5 Å². The molecule has 0 aliphatic heterocycles. The first kappa shape index (κ1) is 114. The summed E-state index contributed by atoms with van der Waals surface area (Å²) in [5.74, 6) is -1.58. The summed E-state index contributed by atoms with van der Waals surface area (Å²) in [7, 11) is -9.81. The molecule has 5 atom stereocenters. The van der Waals surface area contributed by atoms with Crippen LogP contribution >= 0.6 is 15.6 Å². The number of ether oxygens (including phenoxy) is 3. The van der Waals surface area contributed by atoms with Crippen LogP contribution in [0, 0.1) is 0 Å². The summed E-state index contributed by atoms with van der Waals surface area (Å²) in [6.07, 6.45) is 118. The lowest BCUT2D eigenvalue weighted by Crippen LogP contribution is -2.30. The number of aliphatic hydroxyl groups excluding tert-OH is 2. The van der Waals surface area contributed by atoms with Crippen molar-refractivity contribution in [2.75, 3.05) is 39.6 Å². The summed E-state index contributed by atoms with van der Waals surface area (Å²) in [5, 5.41) is 20.7. The Kier molecular flexibility index (Phi) is 89.1. The maximum Gasteiger partial charge on any atom is 0.472 e. The van der Waals surface area contributed by atoms with E-state index in [0.29, 0.717) is 19.3 Å². The number of aliphatic hydroxyl groups is 2. The number of carbonyl (C=O) groups is 3. The Morgan fingerprint density at radius 1 is 0.244 bits per heavy atom. The summed E-state index contributed by atoms with van der Waals surface area (Å²) in [5.41, 5.74) is 0. The second-order valence-electron chi connectivity index (χ2n) is 32.1. The third kappa shape index (κ3) is 94.0. The number of phosphoric ester groups is 2. The zero-order chi connectivity index (χ0) is 86.5. The molecule has 686 valence electrons. The summed E-state index contributed by atoms with van der Waals surface area (Å²) in [6, 6.07) is 0. The number of esters is 3. The fraction of sp³-hybridized carbons (Fsp3) is 0.733. The van der Waals surface area contributed by atoms with Crippen LogP contribution in [0.5, 0.6) is 0 Å². The molecule has 0 fully saturated rings. The van der Waals surface area contributed by atoms with E-state index in [1.54, 1.807) is 0 Å². The van der Waals surface area contributed by atoms with Crippen molar-refractivity contribution in [1.82, 2.24) is 0 Å². The van der Waals surface area contributed by atoms with Gasteiger partial charge in [-0.25, -0.2) is 9.13 Å². The number of carbonyl (C=O) groups excluding carboxylic acids is 3. The van der Waals surface area contributed by atoms with Gasteiger partial charge in [0.05, 0.1) is 26.4 Å². The lowest BCUT2D eigenvalue weighted by molar-refractivity contribution is -0.161. The van der Waals surface area contributed by atoms with E-state index in [1.807, 2.05) is 0 Å². The van der Waals surface area contributed by atoms with Gasteiger partial charge in [-0.1, -0.05) is 398 Å². The zero-order valence-electron chi connectivity index (χ0n) is 75.8. The second kappa shape index (κ2) is 92.6. The predicted molar refractivity (Wildman–Crippen MR) is 500 cm³/mol. The quantitative estimate of drug-likeness (QED) is 0.0146. The molecule has 18 heteroatoms. The highest BCUT2D eigenvalue weighted by Crippen LogP contribution is 2.45. The molecule has 16 nitrogen and oxygen atoms in total. The van der Waals surface area contributed by atoms with Crippen LogP contribution in [0.4, 0.5) is 0 Å². The molecular formula is C101H176O16P2. The number of hydrogen-bond acceptors (Lipinski definition) is 14. The van der Waals surface area contributed by atoms with Crippen LogP contribution in [0.2, 0.25) is 0 Å². The van der Waals surface area contributed by atoms with Crippen LogP contribution in [0.1, 0.15) is 419 Å². The fourth-order valence-corrected chi connectivity index (χ4v) is 14.8. The van der Waals surface area contributed by atoms with Gasteiger partial charge < -0.3 is 34.2 Å². The minimum absolute atomic E-state index is 0.0868. The average molecular weight is 1710 g/mol. The van der Waals surface area contributed by atoms with Crippen molar-refractivity contribution >= 4 is 33.6 Å². The molecule has 0 bridgehead atoms. The molecule has 0 aromatic carbocycles. The van der Waals surface area contributed by atoms with E-state index in [9.17, 15) is 43.5 Å². The molecule has 0 heterocycles. The Hall–Kier alpha value is -4.57. The Morgan fingerprint density at radius 2 is 0.445 bits per heavy atom. The van der Waals surface area contributed by atoms with Gasteiger partial charge in [-0.2, -0.15) is 0 Å². The van der Waals surface area contributed by atoms with Crippen molar-refractivity contribution in [3.8, 4) is 0 Å². The van der Waals surface area contributed by atoms with Crippen LogP contribution in [0.25, 0.3) is 0 Å². The highest BCUT2D eigenvalue weighted by molar-refractivity contribution is 7.47. The van der Waals surface area contributed by atoms with Crippen molar-refractivity contribution in [3.63, 3.8) is 0 Å². The third-order valence-corrected chi connectivity index (χ3v) is 22.4. The Morgan fingerprint density at radius 3 is 0.706 bits per heavy atom. The molecule has 119 heavy (non-hydrogen) atoms. The lowest BCUT2D eigenvalue weighted by atomic mass is 10.0. The maximum absolute atomic E-state index is 13.1. The first-order valence-corrected chi connectivity index (χ1v) is 51.1. The number of phosphoric acid groups is 2. The molecule has 0 saturated carbocycles. The van der Waals surface area contributed by atoms with E-state index in [-0.39, 0.29) is 19.3 Å². The molecule has 0 saturated heterocycles. The van der Waals surface area contributed by atoms with E-state index in [4.69, 9.17) is 32.3 Å². The summed E-state index contributed by atoms with van der Waals surface area (Å²) in [4.78, 5) is 59.0. The largest absolute Gasteiger partial charge is 0.472 e. The monoisotopic (exact) mass is 1710 g/mol. The molecule has 0 aliphatic carbocycles. The van der Waals surface area contributed by atoms with Gasteiger partial charge in [-0.05, 0) is 148 Å². The molecular weight excluding hydrogens is 1530 g/mol. The van der Waals surface area contributed by atoms with Gasteiger partial charge in [-0.15, -0.1) is 0 Å². The van der Waals surface area contributed by atoms with Gasteiger partial charge in [-0.3, -0.25) is 32.5 Å². The summed E-state index contributed by atoms with van der Waals surface area (Å²) in [6.45, 7) is 2.56. The van der Waals surface area contributed by atoms with Crippen molar-refractivity contribution in [2.45, 2.75) is 437 Å². The lowest BCUT2D eigenvalue weighted by Gasteiger charge is -2.21. The fourth-order valence-electron chi connectivity index (χ4n) is 13.2. The summed E-state index contributed by atoms with van der Waals surface area (Å²) < 4.78 is 61.5. The van der Waals surface area contributed by atoms with Crippen LogP contribution < -0.4 is 0 Å². The van der Waals surface area contributed by atoms with Gasteiger partial charge in [0.25, 0.3) is 0 Å². The van der Waals surface area contributed by atoms with E-state index >= 15 is 0 Å². The van der Waals surface area contributed by atoms with Crippen LogP contribution in [-0.2, 0) is 55.8 Å². The highest BCUT2D eigenvalue weighted by atomic mass is 31.2. The first-order valence-electron chi connectivity index (χ1n) is 48.1. The Balaban J connectivity index is 4.52. The van der Waals surface area contributed by atoms with Crippen molar-refractivity contribution in [1.29, 1.82) is 0 Å². The highest BCUT2D eigenvalue weighted by Gasteiger charge is 2.30. The topological polar surface area (TPSA) is 231 Å². The molecule has 5 unspecified atom stereocenters. The zero-order valence-corrected chi connectivity index (χ0v) is 77.5. The minimum Gasteiger partial charge on any atom is -0.463 e. The predicted octanol–water partition coefficient (Wildman–Crippen LogP) is 29.9. The molecule has 0 aromatic heterocycles. The van der Waals surface area contributed by atoms with Crippen molar-refractivity contribution in [3.05, 3.63) is 146 Å². The van der Waals surface area contributed by atoms with Crippen molar-refractivity contribution in [2.24, 2.45) is 0 Å². The number of hydrogen-bond donors (Lipinski definition) is 4. The Bertz CT molecular complexity index is 2740. The average Bonchev–Trinajstić information content (AvgIpc) is 0.903. The number of unbranched alkanes of at least 4 members (excludes halogenated alkanes) is 44. The van der Waals surface area contributed by atoms with Gasteiger partial charge in [0, 0.05) is 19.3 Å². The smallest absolute Gasteiger partial charge is 0.463 e. The third-order valence-electron chi connectivity index (χ3n) is 20.5. The molecule has 0 radical (unpaired) electrons. The van der Waals surface area contributed by atoms with E-state index in [1.165, 1.54) is 218 Å². The van der Waals surface area contributed by atoms with E-state index in [0.717, 1.165) is 141 Å². The SMILES string of the molecule is CC/C=C\C/C=C\C/C=C\C/C=C\CCCCCCCCC(=O)OC(COC(=O)CCCCCCCCCCCCCCCCC/C=C\C/C=C\C/C=C\C/C=C\CCCCC)COP(=O)(O)OCC(O)COP(=O)(O)OCC(O)COC(=O)CCCCCCCCCCCCCCCCCCC/C=C\C/C=C\C/C=C\C/C=C\CCCCC. The standard InChI is InChI=1S/C101H176O16P2/c1-4-7-10-13-16-19-22-25-28-31-34-36-38-40-42-44-46-47-49-51-52-54-56-58-61-63-66-69-72-75-78-81-84-87-99(104)111-90-96(102)91-113-118(107,108)114-92-97(103)93-115-119(109,110)116-95-98(117-101(106)89-86-83-80-77-74-71-68-65-60-33-30-27-24-21-18-15-12-9-6-3)94-112-100(105)88-85-82-79-76-73-70-67-64-62-59-57-55-53-50-48-45-43-41-39-37-35-32-29-26-23-20-17-14-11-8-5-2/h9,12,16-21,25-30,34-37,40-43,60,65,96-98,102-103H,4-8,10-11,13-15,22-24,31-33,38-39,44-59,61-64,66-95H2,1-3H3,(H,107,108)(H,109,110)/b12-9-,19-16-,20-17-,21-18-,28-25-,29-26-,30-27-,36-34-,37-35-,42-40-,43-41-,65-60-. The summed E-state index contributed by atoms with van der Waals surface area (Å²) >= 11 is 0. The van der Waals surface area contributed by atoms with Gasteiger partial charge in [0.2, 0.25) is 0 Å². The molecule has 0 amide bonds. The molecule has 0 aromatic rings. The molecule has 0 rings (SSSR count). The first-order chi connectivity index (χ1) is 58.2. The minimum atomic E-state index is -4.95. The van der Waals surface area contributed by atoms with E-state index in [2.05, 4.69) is 167 Å². The van der Waals surface area contributed by atoms with Crippen LogP contribution in [0.15, 0.2) is 146 Å². The van der Waals surface area contributed by atoms with Gasteiger partial charge in [0.15, 0.2) is 6.10 Å². The van der Waals surface area contributed by atoms with Gasteiger partial charge in [0.1, 0.15) is 25.4 Å². The van der Waals surface area contributed by atoms with Gasteiger partial charge >= 0.3 is 33.6 Å². The number of rotatable bonds is 91. The normalized spacial score (nSPS) is 14.4. The molecule has 0 aliphatic rings. The Labute approximate surface area is 728 Å².